The van der Waals surface area contributed by atoms with E-state index in [1.807, 2.05) is 57.4 Å². The highest BCUT2D eigenvalue weighted by Crippen LogP contribution is 2.22. The maximum atomic E-state index is 11.8. The third-order valence-electron chi connectivity index (χ3n) is 4.79. The molecule has 29 heavy (non-hydrogen) atoms. The van der Waals surface area contributed by atoms with Crippen LogP contribution in [0.2, 0.25) is 0 Å². The number of hydrogen-bond acceptors (Lipinski definition) is 6. The lowest BCUT2D eigenvalue weighted by molar-refractivity contribution is 0.0523. The molecule has 0 radical (unpaired) electrons. The van der Waals surface area contributed by atoms with Gasteiger partial charge in [0.15, 0.2) is 0 Å². The minimum Gasteiger partial charge on any atom is -0.444 e. The molecule has 0 saturated carbocycles. The van der Waals surface area contributed by atoms with E-state index in [4.69, 9.17) is 9.47 Å². The molecule has 0 atom stereocenters. The third kappa shape index (κ3) is 6.15. The Hall–Kier alpha value is -2.67. The second kappa shape index (κ2) is 9.22. The fourth-order valence-electron chi connectivity index (χ4n) is 3.27. The first kappa shape index (κ1) is 21.0. The van der Waals surface area contributed by atoms with Crippen LogP contribution < -0.4 is 10.2 Å². The lowest BCUT2D eigenvalue weighted by Crippen LogP contribution is -2.37. The first-order valence-electron chi connectivity index (χ1n) is 10.00. The number of alkyl carbamates (subject to hydrolysis) is 1. The predicted octanol–water partition coefficient (Wildman–Crippen LogP) is 3.78. The Balaban J connectivity index is 1.61. The monoisotopic (exact) mass is 398 g/mol. The number of ether oxygens (including phenoxy) is 2. The molecule has 7 nitrogen and oxygen atoms in total. The fourth-order valence-corrected chi connectivity index (χ4v) is 3.27. The van der Waals surface area contributed by atoms with Gasteiger partial charge in [-0.3, -0.25) is 0 Å². The van der Waals surface area contributed by atoms with Crippen molar-refractivity contribution in [3.05, 3.63) is 42.2 Å². The average Bonchev–Trinajstić information content (AvgIpc) is 2.71. The molecule has 0 spiro atoms. The van der Waals surface area contributed by atoms with Crippen LogP contribution in [0, 0.1) is 0 Å². The lowest BCUT2D eigenvalue weighted by Gasteiger charge is -2.31. The van der Waals surface area contributed by atoms with E-state index in [1.165, 1.54) is 0 Å². The van der Waals surface area contributed by atoms with Crippen molar-refractivity contribution in [3.63, 3.8) is 0 Å². The van der Waals surface area contributed by atoms with E-state index in [0.29, 0.717) is 12.6 Å². The maximum Gasteiger partial charge on any atom is 0.407 e. The summed E-state index contributed by atoms with van der Waals surface area (Å²) in [7, 11) is 1.77. The van der Waals surface area contributed by atoms with E-state index < -0.39 is 11.7 Å². The molecule has 1 saturated heterocycles. The molecule has 7 heteroatoms. The number of aromatic nitrogens is 2. The Morgan fingerprint density at radius 1 is 1.17 bits per heavy atom. The number of methoxy groups -OCH3 is 1. The highest BCUT2D eigenvalue weighted by atomic mass is 16.6. The lowest BCUT2D eigenvalue weighted by atomic mass is 10.1. The molecule has 1 amide bonds. The van der Waals surface area contributed by atoms with E-state index in [0.717, 1.165) is 48.6 Å². The highest BCUT2D eigenvalue weighted by Gasteiger charge is 2.20. The van der Waals surface area contributed by atoms with Crippen LogP contribution in [0.15, 0.2) is 36.7 Å². The summed E-state index contributed by atoms with van der Waals surface area (Å²) in [5.74, 6) is 0.756. The number of benzene rings is 1. The van der Waals surface area contributed by atoms with Crippen LogP contribution in [0.4, 0.5) is 10.7 Å². The smallest absolute Gasteiger partial charge is 0.407 e. The number of nitrogens with zero attached hydrogens (tertiary/aromatic N) is 3. The van der Waals surface area contributed by atoms with Crippen LogP contribution >= 0.6 is 0 Å². The highest BCUT2D eigenvalue weighted by molar-refractivity contribution is 5.68. The Morgan fingerprint density at radius 3 is 2.48 bits per heavy atom. The van der Waals surface area contributed by atoms with E-state index in [-0.39, 0.29) is 0 Å². The van der Waals surface area contributed by atoms with Crippen LogP contribution in [-0.4, -0.2) is 48.0 Å². The molecule has 0 unspecified atom stereocenters. The number of piperidine rings is 1. The number of amides is 1. The largest absolute Gasteiger partial charge is 0.444 e. The summed E-state index contributed by atoms with van der Waals surface area (Å²) in [6.07, 6.45) is 5.61. The van der Waals surface area contributed by atoms with Crippen LogP contribution in [0.25, 0.3) is 11.1 Å². The summed E-state index contributed by atoms with van der Waals surface area (Å²) in [5, 5.41) is 2.79. The quantitative estimate of drug-likeness (QED) is 0.826. The topological polar surface area (TPSA) is 76.6 Å². The average molecular weight is 399 g/mol. The molecule has 2 heterocycles. The van der Waals surface area contributed by atoms with Crippen molar-refractivity contribution in [1.82, 2.24) is 15.3 Å². The van der Waals surface area contributed by atoms with E-state index in [9.17, 15) is 4.79 Å². The summed E-state index contributed by atoms with van der Waals surface area (Å²) in [6.45, 7) is 7.74. The Labute approximate surface area is 172 Å². The summed E-state index contributed by atoms with van der Waals surface area (Å²) in [4.78, 5) is 23.2. The molecule has 0 bridgehead atoms. The molecule has 1 aromatic heterocycles. The zero-order valence-electron chi connectivity index (χ0n) is 17.6. The van der Waals surface area contributed by atoms with Gasteiger partial charge in [0.05, 0.1) is 6.10 Å². The fraction of sp³-hybridized carbons (Fsp3) is 0.500. The van der Waals surface area contributed by atoms with Crippen LogP contribution in [0.5, 0.6) is 0 Å². The second-order valence-electron chi connectivity index (χ2n) is 8.25. The van der Waals surface area contributed by atoms with Crippen molar-refractivity contribution in [2.24, 2.45) is 0 Å². The molecule has 156 valence electrons. The molecule has 2 aromatic rings. The van der Waals surface area contributed by atoms with Gasteiger partial charge in [-0.25, -0.2) is 14.8 Å². The van der Waals surface area contributed by atoms with Crippen LogP contribution in [0.1, 0.15) is 39.2 Å². The Kier molecular flexibility index (Phi) is 6.69. The molecular weight excluding hydrogens is 368 g/mol. The summed E-state index contributed by atoms with van der Waals surface area (Å²) in [5.41, 5.74) is 2.43. The van der Waals surface area contributed by atoms with Gasteiger partial charge in [0.25, 0.3) is 0 Å². The van der Waals surface area contributed by atoms with Gasteiger partial charge in [-0.1, -0.05) is 18.2 Å². The SMILES string of the molecule is COC1CCN(c2ncc(-c3cccc(CNC(=O)OC(C)(C)C)c3)cn2)CC1. The van der Waals surface area contributed by atoms with Gasteiger partial charge in [-0.15, -0.1) is 0 Å². The van der Waals surface area contributed by atoms with Crippen molar-refractivity contribution in [2.75, 3.05) is 25.1 Å². The number of nitrogens with one attached hydrogen (secondary N) is 1. The Bertz CT molecular complexity index is 810. The zero-order chi connectivity index (χ0) is 20.9. The van der Waals surface area contributed by atoms with Crippen molar-refractivity contribution in [3.8, 4) is 11.1 Å². The normalized spacial score (nSPS) is 15.2. The molecule has 1 fully saturated rings. The minimum absolute atomic E-state index is 0.336. The van der Waals surface area contributed by atoms with Gasteiger partial charge < -0.3 is 19.7 Å². The zero-order valence-corrected chi connectivity index (χ0v) is 17.6. The summed E-state index contributed by atoms with van der Waals surface area (Å²) in [6, 6.07) is 7.97. The molecule has 1 aliphatic rings. The van der Waals surface area contributed by atoms with Crippen molar-refractivity contribution >= 4 is 12.0 Å². The van der Waals surface area contributed by atoms with Crippen molar-refractivity contribution in [1.29, 1.82) is 0 Å². The van der Waals surface area contributed by atoms with Gasteiger partial charge in [0.1, 0.15) is 5.60 Å². The number of carbonyl (C=O) groups is 1. The molecule has 1 aromatic carbocycles. The van der Waals surface area contributed by atoms with Crippen molar-refractivity contribution < 1.29 is 14.3 Å². The summed E-state index contributed by atoms with van der Waals surface area (Å²) >= 11 is 0. The van der Waals surface area contributed by atoms with Crippen LogP contribution in [0.3, 0.4) is 0 Å². The number of carbonyl (C=O) groups excluding carboxylic acids is 1. The molecule has 1 N–H and O–H groups in total. The third-order valence-corrected chi connectivity index (χ3v) is 4.79. The summed E-state index contributed by atoms with van der Waals surface area (Å²) < 4.78 is 10.7. The molecular formula is C22H30N4O3. The van der Waals surface area contributed by atoms with Gasteiger partial charge in [0.2, 0.25) is 5.95 Å². The van der Waals surface area contributed by atoms with Gasteiger partial charge in [-0.05, 0) is 50.8 Å². The number of anilines is 1. The van der Waals surface area contributed by atoms with Gasteiger partial charge >= 0.3 is 6.09 Å². The van der Waals surface area contributed by atoms with Crippen LogP contribution in [-0.2, 0) is 16.0 Å². The molecule has 3 rings (SSSR count). The molecule has 0 aliphatic carbocycles. The number of rotatable bonds is 5. The van der Waals surface area contributed by atoms with Gasteiger partial charge in [-0.2, -0.15) is 0 Å². The Morgan fingerprint density at radius 2 is 1.86 bits per heavy atom. The first-order valence-corrected chi connectivity index (χ1v) is 10.00. The van der Waals surface area contributed by atoms with E-state index in [1.54, 1.807) is 7.11 Å². The number of hydrogen-bond donors (Lipinski definition) is 1. The minimum atomic E-state index is -0.510. The van der Waals surface area contributed by atoms with E-state index >= 15 is 0 Å². The maximum absolute atomic E-state index is 11.8. The van der Waals surface area contributed by atoms with E-state index in [2.05, 4.69) is 20.2 Å². The standard InChI is InChI=1S/C22H30N4O3/c1-22(2,3)29-21(27)25-13-16-6-5-7-17(12-16)18-14-23-20(24-15-18)26-10-8-19(28-4)9-11-26/h5-7,12,14-15,19H,8-11,13H2,1-4H3,(H,25,27). The van der Waals surface area contributed by atoms with Crippen molar-refractivity contribution in [2.45, 2.75) is 51.9 Å². The predicted molar refractivity (Wildman–Crippen MR) is 113 cm³/mol. The van der Waals surface area contributed by atoms with Gasteiger partial charge in [0, 0.05) is 44.7 Å². The molecule has 1 aliphatic heterocycles. The second-order valence-corrected chi connectivity index (χ2v) is 8.25. The first-order chi connectivity index (χ1) is 13.8.